The molecule has 6 rings (SSSR count). The molecule has 3 amide bonds. The van der Waals surface area contributed by atoms with Gasteiger partial charge in [0, 0.05) is 47.5 Å². The summed E-state index contributed by atoms with van der Waals surface area (Å²) >= 11 is 0. The second-order valence-corrected chi connectivity index (χ2v) is 11.9. The quantitative estimate of drug-likeness (QED) is 0.347. The number of piperazine rings is 1. The second-order valence-electron chi connectivity index (χ2n) is 11.9. The molecule has 0 radical (unpaired) electrons. The number of carbonyl (C=O) groups is 3. The number of anilines is 1. The molecule has 0 aliphatic carbocycles. The average Bonchev–Trinajstić information content (AvgIpc) is 3.69. The van der Waals surface area contributed by atoms with Crippen LogP contribution in [-0.2, 0) is 4.79 Å². The maximum atomic E-state index is 13.8. The van der Waals surface area contributed by atoms with E-state index in [1.54, 1.807) is 30.6 Å². The van der Waals surface area contributed by atoms with Crippen molar-refractivity contribution < 1.29 is 14.4 Å². The van der Waals surface area contributed by atoms with E-state index in [9.17, 15) is 14.4 Å². The molecule has 41 heavy (non-hydrogen) atoms. The van der Waals surface area contributed by atoms with E-state index in [0.717, 1.165) is 22.0 Å². The molecule has 10 heteroatoms. The molecular formula is C31H33N7O3. The summed E-state index contributed by atoms with van der Waals surface area (Å²) in [6.07, 6.45) is 4.04. The van der Waals surface area contributed by atoms with Crippen LogP contribution in [0.5, 0.6) is 0 Å². The number of nitrogens with two attached hydrogens (primary N) is 1. The molecule has 2 bridgehead atoms. The van der Waals surface area contributed by atoms with E-state index in [1.165, 1.54) is 0 Å². The first-order chi connectivity index (χ1) is 19.6. The number of pyridine rings is 2. The summed E-state index contributed by atoms with van der Waals surface area (Å²) < 4.78 is 0. The molecule has 0 spiro atoms. The number of aromatic nitrogens is 3. The van der Waals surface area contributed by atoms with Crippen molar-refractivity contribution in [2.45, 2.75) is 45.3 Å². The summed E-state index contributed by atoms with van der Waals surface area (Å²) in [7, 11) is 0. The zero-order valence-electron chi connectivity index (χ0n) is 23.3. The Bertz CT molecular complexity index is 1590. The summed E-state index contributed by atoms with van der Waals surface area (Å²) in [5.74, 6) is -0.150. The predicted molar refractivity (Wildman–Crippen MR) is 156 cm³/mol. The van der Waals surface area contributed by atoms with E-state index < -0.39 is 11.5 Å². The Balaban J connectivity index is 1.12. The Hall–Kier alpha value is -4.73. The van der Waals surface area contributed by atoms with Crippen molar-refractivity contribution in [1.82, 2.24) is 30.1 Å². The molecular weight excluding hydrogens is 518 g/mol. The molecule has 4 N–H and O–H groups in total. The van der Waals surface area contributed by atoms with Gasteiger partial charge in [0.05, 0.1) is 12.1 Å². The molecule has 1 aromatic carbocycles. The van der Waals surface area contributed by atoms with Crippen LogP contribution in [0.1, 0.15) is 48.2 Å². The predicted octanol–water partition coefficient (Wildman–Crippen LogP) is 3.48. The van der Waals surface area contributed by atoms with Crippen LogP contribution in [0.2, 0.25) is 0 Å². The topological polar surface area (TPSA) is 137 Å². The van der Waals surface area contributed by atoms with E-state index in [0.29, 0.717) is 36.7 Å². The Morgan fingerprint density at radius 1 is 0.951 bits per heavy atom. The van der Waals surface area contributed by atoms with E-state index in [1.807, 2.05) is 67.0 Å². The van der Waals surface area contributed by atoms with Crippen molar-refractivity contribution in [3.8, 4) is 11.1 Å². The number of nitrogen functional groups attached to an aromatic ring is 1. The number of likely N-dealkylation sites (tertiary alicyclic amines) is 2. The molecule has 1 unspecified atom stereocenters. The number of para-hydroxylation sites is 1. The zero-order chi connectivity index (χ0) is 28.9. The Labute approximate surface area is 238 Å². The number of amides is 3. The van der Waals surface area contributed by atoms with Crippen molar-refractivity contribution in [2.24, 2.45) is 5.41 Å². The number of nitrogens with zero attached hydrogens (tertiary/aromatic N) is 4. The minimum atomic E-state index is -0.720. The first-order valence-corrected chi connectivity index (χ1v) is 13.8. The van der Waals surface area contributed by atoms with Crippen molar-refractivity contribution in [2.75, 3.05) is 18.8 Å². The van der Waals surface area contributed by atoms with Crippen LogP contribution in [0.3, 0.4) is 0 Å². The summed E-state index contributed by atoms with van der Waals surface area (Å²) in [4.78, 5) is 55.7. The van der Waals surface area contributed by atoms with Crippen LogP contribution >= 0.6 is 0 Å². The SMILES string of the molecule is CC(C)(C)[C@H](NC(=O)c1cc2ccccc2[nH]1)C(=O)N1CC2C[C@H]1CN2C(=O)c1ccc(-c2ccc(N)nc2)cn1. The molecule has 2 aliphatic heterocycles. The van der Waals surface area contributed by atoms with Gasteiger partial charge in [-0.2, -0.15) is 0 Å². The van der Waals surface area contributed by atoms with Gasteiger partial charge in [-0.25, -0.2) is 4.98 Å². The minimum absolute atomic E-state index is 0.0933. The van der Waals surface area contributed by atoms with Crippen molar-refractivity contribution in [3.63, 3.8) is 0 Å². The van der Waals surface area contributed by atoms with Crippen molar-refractivity contribution in [1.29, 1.82) is 0 Å². The third-order valence-corrected chi connectivity index (χ3v) is 8.05. The lowest BCUT2D eigenvalue weighted by Crippen LogP contribution is -2.59. The van der Waals surface area contributed by atoms with Crippen molar-refractivity contribution >= 4 is 34.4 Å². The zero-order valence-corrected chi connectivity index (χ0v) is 23.3. The Morgan fingerprint density at radius 2 is 1.63 bits per heavy atom. The molecule has 2 aliphatic rings. The largest absolute Gasteiger partial charge is 0.384 e. The molecule has 2 saturated heterocycles. The fraction of sp³-hybridized carbons (Fsp3) is 0.323. The summed E-state index contributed by atoms with van der Waals surface area (Å²) in [5.41, 5.74) is 8.51. The van der Waals surface area contributed by atoms with Crippen LogP contribution in [0.4, 0.5) is 5.82 Å². The van der Waals surface area contributed by atoms with Gasteiger partial charge in [0.15, 0.2) is 0 Å². The number of nitrogens with one attached hydrogen (secondary N) is 2. The lowest BCUT2D eigenvalue weighted by atomic mass is 9.85. The average molecular weight is 552 g/mol. The van der Waals surface area contributed by atoms with Gasteiger partial charge in [-0.1, -0.05) is 45.0 Å². The number of rotatable bonds is 5. The third-order valence-electron chi connectivity index (χ3n) is 8.05. The molecule has 210 valence electrons. The van der Waals surface area contributed by atoms with Gasteiger partial charge in [-0.05, 0) is 42.2 Å². The smallest absolute Gasteiger partial charge is 0.272 e. The molecule has 4 aromatic rings. The highest BCUT2D eigenvalue weighted by atomic mass is 16.2. The minimum Gasteiger partial charge on any atom is -0.384 e. The van der Waals surface area contributed by atoms with Gasteiger partial charge in [0.25, 0.3) is 11.8 Å². The maximum absolute atomic E-state index is 13.8. The molecule has 2 fully saturated rings. The first-order valence-electron chi connectivity index (χ1n) is 13.8. The monoisotopic (exact) mass is 551 g/mol. The number of hydrogen-bond acceptors (Lipinski definition) is 6. The molecule has 5 heterocycles. The molecule has 3 atom stereocenters. The van der Waals surface area contributed by atoms with Gasteiger partial charge < -0.3 is 25.8 Å². The number of benzene rings is 1. The summed E-state index contributed by atoms with van der Waals surface area (Å²) in [6, 6.07) is 15.7. The van der Waals surface area contributed by atoms with E-state index in [2.05, 4.69) is 20.3 Å². The number of fused-ring (bicyclic) bond motifs is 3. The fourth-order valence-corrected chi connectivity index (χ4v) is 5.82. The highest BCUT2D eigenvalue weighted by Gasteiger charge is 2.50. The van der Waals surface area contributed by atoms with Crippen LogP contribution in [0.15, 0.2) is 67.0 Å². The van der Waals surface area contributed by atoms with Gasteiger partial charge in [0.1, 0.15) is 23.2 Å². The van der Waals surface area contributed by atoms with Gasteiger partial charge >= 0.3 is 0 Å². The standard InChI is InChI=1S/C31H33N7O3/c1-31(2,3)27(36-28(39)25-12-18-6-4-5-7-23(18)35-25)30(41)38-17-21-13-22(38)16-37(21)29(40)24-10-8-19(14-33-24)20-9-11-26(32)34-15-20/h4-12,14-15,21-22,27,35H,13,16-17H2,1-3H3,(H2,32,34)(H,36,39)/t21?,22-,27+/m0/s1. The highest BCUT2D eigenvalue weighted by Crippen LogP contribution is 2.34. The van der Waals surface area contributed by atoms with Gasteiger partial charge in [-0.15, -0.1) is 0 Å². The molecule has 0 saturated carbocycles. The Morgan fingerprint density at radius 3 is 2.24 bits per heavy atom. The van der Waals surface area contributed by atoms with Crippen LogP contribution in [0.25, 0.3) is 22.0 Å². The van der Waals surface area contributed by atoms with E-state index in [-0.39, 0.29) is 29.8 Å². The van der Waals surface area contributed by atoms with E-state index in [4.69, 9.17) is 5.73 Å². The van der Waals surface area contributed by atoms with Gasteiger partial charge in [-0.3, -0.25) is 19.4 Å². The highest BCUT2D eigenvalue weighted by molar-refractivity contribution is 6.00. The summed E-state index contributed by atoms with van der Waals surface area (Å²) in [6.45, 7) is 6.70. The van der Waals surface area contributed by atoms with Crippen LogP contribution in [0, 0.1) is 5.41 Å². The lowest BCUT2D eigenvalue weighted by Gasteiger charge is -2.39. The Kier molecular flexibility index (Phi) is 6.48. The number of aromatic amines is 1. The summed E-state index contributed by atoms with van der Waals surface area (Å²) in [5, 5.41) is 3.92. The first kappa shape index (κ1) is 26.5. The van der Waals surface area contributed by atoms with E-state index >= 15 is 0 Å². The normalized spacial score (nSPS) is 19.0. The number of carbonyl (C=O) groups excluding carboxylic acids is 3. The number of H-pyrrole nitrogens is 1. The van der Waals surface area contributed by atoms with Gasteiger partial charge in [0.2, 0.25) is 5.91 Å². The molecule has 10 nitrogen and oxygen atoms in total. The third kappa shape index (κ3) is 5.01. The van der Waals surface area contributed by atoms with Crippen LogP contribution < -0.4 is 11.1 Å². The van der Waals surface area contributed by atoms with Crippen molar-refractivity contribution in [3.05, 3.63) is 78.4 Å². The number of hydrogen-bond donors (Lipinski definition) is 3. The fourth-order valence-electron chi connectivity index (χ4n) is 5.82. The lowest BCUT2D eigenvalue weighted by molar-refractivity contribution is -0.138. The maximum Gasteiger partial charge on any atom is 0.272 e. The molecule has 3 aromatic heterocycles. The second kappa shape index (κ2) is 10.0. The van der Waals surface area contributed by atoms with Crippen LogP contribution in [-0.4, -0.2) is 73.7 Å².